The van der Waals surface area contributed by atoms with Crippen LogP contribution >= 0.6 is 15.9 Å². The summed E-state index contributed by atoms with van der Waals surface area (Å²) in [6.45, 7) is 0.147. The highest BCUT2D eigenvalue weighted by Crippen LogP contribution is 2.28. The Morgan fingerprint density at radius 1 is 1.38 bits per heavy atom. The summed E-state index contributed by atoms with van der Waals surface area (Å²) >= 11 is 3.09. The maximum absolute atomic E-state index is 12.9. The SMILES string of the molecule is O=C(c1ccc(Br)o1)N1CCC(F)(F)CC1. The van der Waals surface area contributed by atoms with Gasteiger partial charge in [-0.25, -0.2) is 8.78 Å². The third-order valence-electron chi connectivity index (χ3n) is 2.57. The zero-order valence-electron chi connectivity index (χ0n) is 8.38. The number of rotatable bonds is 1. The standard InChI is InChI=1S/C10H10BrF2NO2/c11-8-2-1-7(16-8)9(15)14-5-3-10(12,13)4-6-14/h1-2H,3-6H2. The highest BCUT2D eigenvalue weighted by Gasteiger charge is 2.36. The van der Waals surface area contributed by atoms with Crippen LogP contribution < -0.4 is 0 Å². The van der Waals surface area contributed by atoms with Crippen molar-refractivity contribution in [3.05, 3.63) is 22.6 Å². The Balaban J connectivity index is 2.02. The molecule has 16 heavy (non-hydrogen) atoms. The fraction of sp³-hybridized carbons (Fsp3) is 0.500. The van der Waals surface area contributed by atoms with Crippen molar-refractivity contribution in [2.24, 2.45) is 0 Å². The normalized spacial score (nSPS) is 19.8. The first kappa shape index (κ1) is 11.6. The zero-order chi connectivity index (χ0) is 11.8. The van der Waals surface area contributed by atoms with Crippen molar-refractivity contribution in [3.63, 3.8) is 0 Å². The molecule has 0 atom stereocenters. The molecule has 0 spiro atoms. The number of alkyl halides is 2. The van der Waals surface area contributed by atoms with E-state index in [0.717, 1.165) is 0 Å². The number of hydrogen-bond acceptors (Lipinski definition) is 2. The van der Waals surface area contributed by atoms with Crippen LogP contribution in [-0.2, 0) is 0 Å². The van der Waals surface area contributed by atoms with E-state index in [1.807, 2.05) is 0 Å². The van der Waals surface area contributed by atoms with Gasteiger partial charge < -0.3 is 9.32 Å². The second-order valence-electron chi connectivity index (χ2n) is 3.75. The summed E-state index contributed by atoms with van der Waals surface area (Å²) in [5.74, 6) is -2.79. The van der Waals surface area contributed by atoms with Crippen LogP contribution in [0.1, 0.15) is 23.4 Å². The van der Waals surface area contributed by atoms with Crippen molar-refractivity contribution in [2.45, 2.75) is 18.8 Å². The van der Waals surface area contributed by atoms with Crippen LogP contribution in [0.3, 0.4) is 0 Å². The summed E-state index contributed by atoms with van der Waals surface area (Å²) in [7, 11) is 0. The third kappa shape index (κ3) is 2.42. The number of nitrogens with zero attached hydrogens (tertiary/aromatic N) is 1. The quantitative estimate of drug-likeness (QED) is 0.798. The van der Waals surface area contributed by atoms with Crippen LogP contribution in [0, 0.1) is 0 Å². The van der Waals surface area contributed by atoms with Gasteiger partial charge in [0.25, 0.3) is 11.8 Å². The molecule has 2 rings (SSSR count). The van der Waals surface area contributed by atoms with Crippen molar-refractivity contribution >= 4 is 21.8 Å². The summed E-state index contributed by atoms with van der Waals surface area (Å²) in [5, 5.41) is 0. The van der Waals surface area contributed by atoms with Gasteiger partial charge in [0.15, 0.2) is 10.4 Å². The van der Waals surface area contributed by atoms with Gasteiger partial charge in [-0.05, 0) is 28.1 Å². The molecule has 1 aliphatic heterocycles. The van der Waals surface area contributed by atoms with Gasteiger partial charge in [-0.2, -0.15) is 0 Å². The lowest BCUT2D eigenvalue weighted by Crippen LogP contribution is -2.42. The second kappa shape index (κ2) is 4.16. The topological polar surface area (TPSA) is 33.5 Å². The summed E-state index contributed by atoms with van der Waals surface area (Å²) in [4.78, 5) is 13.2. The minimum absolute atomic E-state index is 0.0736. The molecule has 88 valence electrons. The summed E-state index contributed by atoms with van der Waals surface area (Å²) in [5.41, 5.74) is 0. The number of likely N-dealkylation sites (tertiary alicyclic amines) is 1. The number of furan rings is 1. The number of hydrogen-bond donors (Lipinski definition) is 0. The van der Waals surface area contributed by atoms with Gasteiger partial charge >= 0.3 is 0 Å². The van der Waals surface area contributed by atoms with Gasteiger partial charge in [0, 0.05) is 25.9 Å². The lowest BCUT2D eigenvalue weighted by atomic mass is 10.1. The summed E-state index contributed by atoms with van der Waals surface area (Å²) < 4.78 is 31.3. The lowest BCUT2D eigenvalue weighted by molar-refractivity contribution is -0.0498. The molecule has 3 nitrogen and oxygen atoms in total. The molecule has 0 bridgehead atoms. The van der Waals surface area contributed by atoms with Crippen molar-refractivity contribution in [2.75, 3.05) is 13.1 Å². The van der Waals surface area contributed by atoms with Gasteiger partial charge in [0.05, 0.1) is 0 Å². The average molecular weight is 294 g/mol. The Morgan fingerprint density at radius 3 is 2.50 bits per heavy atom. The molecule has 1 saturated heterocycles. The van der Waals surface area contributed by atoms with Crippen molar-refractivity contribution in [3.8, 4) is 0 Å². The molecular formula is C10H10BrF2NO2. The molecule has 0 aliphatic carbocycles. The van der Waals surface area contributed by atoms with Crippen LogP contribution in [0.4, 0.5) is 8.78 Å². The summed E-state index contributed by atoms with van der Waals surface area (Å²) in [6, 6.07) is 3.13. The predicted octanol–water partition coefficient (Wildman–Crippen LogP) is 2.91. The minimum atomic E-state index is -2.64. The first-order valence-electron chi connectivity index (χ1n) is 4.90. The van der Waals surface area contributed by atoms with E-state index in [1.165, 1.54) is 11.0 Å². The first-order chi connectivity index (χ1) is 7.48. The molecule has 1 amide bonds. The van der Waals surface area contributed by atoms with Crippen molar-refractivity contribution < 1.29 is 18.0 Å². The Hall–Kier alpha value is -0.910. The third-order valence-corrected chi connectivity index (χ3v) is 2.99. The molecule has 0 saturated carbocycles. The van der Waals surface area contributed by atoms with E-state index in [4.69, 9.17) is 4.42 Å². The average Bonchev–Trinajstić information content (AvgIpc) is 2.64. The molecule has 0 radical (unpaired) electrons. The van der Waals surface area contributed by atoms with E-state index < -0.39 is 5.92 Å². The van der Waals surface area contributed by atoms with Gasteiger partial charge in [-0.15, -0.1) is 0 Å². The summed E-state index contributed by atoms with van der Waals surface area (Å²) in [6.07, 6.45) is -0.554. The Labute approximate surface area is 99.5 Å². The lowest BCUT2D eigenvalue weighted by Gasteiger charge is -2.31. The molecule has 0 N–H and O–H groups in total. The van der Waals surface area contributed by atoms with E-state index in [0.29, 0.717) is 4.67 Å². The number of halogens is 3. The minimum Gasteiger partial charge on any atom is -0.444 e. The molecule has 1 aromatic heterocycles. The predicted molar refractivity (Wildman–Crippen MR) is 56.5 cm³/mol. The highest BCUT2D eigenvalue weighted by molar-refractivity contribution is 9.10. The van der Waals surface area contributed by atoms with Gasteiger partial charge in [0.2, 0.25) is 0 Å². The molecule has 1 aliphatic rings. The van der Waals surface area contributed by atoms with Crippen LogP contribution in [0.15, 0.2) is 21.2 Å². The maximum atomic E-state index is 12.9. The van der Waals surface area contributed by atoms with Crippen LogP contribution in [0.25, 0.3) is 0 Å². The molecule has 0 unspecified atom stereocenters. The molecular weight excluding hydrogens is 284 g/mol. The molecule has 2 heterocycles. The van der Waals surface area contributed by atoms with Crippen molar-refractivity contribution in [1.82, 2.24) is 4.90 Å². The van der Waals surface area contributed by atoms with Crippen molar-refractivity contribution in [1.29, 1.82) is 0 Å². The van der Waals surface area contributed by atoms with E-state index in [-0.39, 0.29) is 37.6 Å². The molecule has 6 heteroatoms. The zero-order valence-corrected chi connectivity index (χ0v) is 9.97. The molecule has 0 aromatic carbocycles. The first-order valence-corrected chi connectivity index (χ1v) is 5.70. The maximum Gasteiger partial charge on any atom is 0.289 e. The number of carbonyl (C=O) groups excluding carboxylic acids is 1. The van der Waals surface area contributed by atoms with Crippen LogP contribution in [-0.4, -0.2) is 29.8 Å². The highest BCUT2D eigenvalue weighted by atomic mass is 79.9. The fourth-order valence-electron chi connectivity index (χ4n) is 1.62. The second-order valence-corrected chi connectivity index (χ2v) is 4.53. The smallest absolute Gasteiger partial charge is 0.289 e. The Bertz CT molecular complexity index is 395. The van der Waals surface area contributed by atoms with Gasteiger partial charge in [0.1, 0.15) is 0 Å². The van der Waals surface area contributed by atoms with Gasteiger partial charge in [-0.3, -0.25) is 4.79 Å². The number of piperidine rings is 1. The Morgan fingerprint density at radius 2 is 2.00 bits per heavy atom. The van der Waals surface area contributed by atoms with Crippen LogP contribution in [0.5, 0.6) is 0 Å². The fourth-order valence-corrected chi connectivity index (χ4v) is 1.93. The van der Waals surface area contributed by atoms with E-state index in [1.54, 1.807) is 6.07 Å². The van der Waals surface area contributed by atoms with E-state index >= 15 is 0 Å². The Kier molecular flexibility index (Phi) is 3.01. The largest absolute Gasteiger partial charge is 0.444 e. The number of amides is 1. The monoisotopic (exact) mass is 293 g/mol. The van der Waals surface area contributed by atoms with Gasteiger partial charge in [-0.1, -0.05) is 0 Å². The molecule has 1 fully saturated rings. The molecule has 1 aromatic rings. The van der Waals surface area contributed by atoms with E-state index in [2.05, 4.69) is 15.9 Å². The van der Waals surface area contributed by atoms with Crippen LogP contribution in [0.2, 0.25) is 0 Å². The number of carbonyl (C=O) groups is 1. The van der Waals surface area contributed by atoms with E-state index in [9.17, 15) is 13.6 Å².